The van der Waals surface area contributed by atoms with Crippen LogP contribution >= 0.6 is 23.2 Å². The summed E-state index contributed by atoms with van der Waals surface area (Å²) in [6.07, 6.45) is 2.72. The molecule has 7 heteroatoms. The van der Waals surface area contributed by atoms with Gasteiger partial charge in [0.15, 0.2) is 11.6 Å². The minimum atomic E-state index is -0.939. The molecule has 2 atom stereocenters. The van der Waals surface area contributed by atoms with E-state index in [1.54, 1.807) is 12.1 Å². The van der Waals surface area contributed by atoms with Crippen LogP contribution in [0.4, 0.5) is 14.5 Å². The number of nitrogens with zero attached hydrogens (tertiary/aromatic N) is 2. The summed E-state index contributed by atoms with van der Waals surface area (Å²) in [5, 5.41) is 11.8. The van der Waals surface area contributed by atoms with Crippen LogP contribution in [-0.4, -0.2) is 42.2 Å². The van der Waals surface area contributed by atoms with Crippen molar-refractivity contribution in [3.63, 3.8) is 0 Å². The summed E-state index contributed by atoms with van der Waals surface area (Å²) in [5.41, 5.74) is 1.95. The van der Waals surface area contributed by atoms with E-state index in [1.807, 2.05) is 18.2 Å². The smallest absolute Gasteiger partial charge is 0.159 e. The Bertz CT molecular complexity index is 898. The van der Waals surface area contributed by atoms with E-state index in [9.17, 15) is 13.9 Å². The van der Waals surface area contributed by atoms with Gasteiger partial charge in [-0.3, -0.25) is 4.90 Å². The largest absolute Gasteiger partial charge is 0.386 e. The molecule has 1 saturated heterocycles. The van der Waals surface area contributed by atoms with Crippen molar-refractivity contribution < 1.29 is 13.9 Å². The van der Waals surface area contributed by atoms with Gasteiger partial charge in [0.1, 0.15) is 0 Å². The summed E-state index contributed by atoms with van der Waals surface area (Å²) in [6, 6.07) is 7.53. The Kier molecular flexibility index (Phi) is 5.12. The summed E-state index contributed by atoms with van der Waals surface area (Å²) in [4.78, 5) is 4.36. The molecule has 142 valence electrons. The van der Waals surface area contributed by atoms with Crippen molar-refractivity contribution in [3.05, 3.63) is 69.2 Å². The molecule has 1 aliphatic carbocycles. The van der Waals surface area contributed by atoms with Gasteiger partial charge in [0.2, 0.25) is 0 Å². The van der Waals surface area contributed by atoms with Crippen LogP contribution in [0.5, 0.6) is 0 Å². The highest BCUT2D eigenvalue weighted by Gasteiger charge is 2.32. The van der Waals surface area contributed by atoms with Crippen LogP contribution in [0.1, 0.15) is 17.2 Å². The zero-order valence-electron chi connectivity index (χ0n) is 14.4. The van der Waals surface area contributed by atoms with Crippen LogP contribution in [0, 0.1) is 11.6 Å². The van der Waals surface area contributed by atoms with E-state index in [1.165, 1.54) is 0 Å². The fourth-order valence-electron chi connectivity index (χ4n) is 3.75. The number of aliphatic hydroxyl groups excluding tert-OH is 1. The molecule has 1 fully saturated rings. The number of benzene rings is 2. The summed E-state index contributed by atoms with van der Waals surface area (Å²) >= 11 is 12.1. The van der Waals surface area contributed by atoms with Gasteiger partial charge in [0, 0.05) is 31.9 Å². The van der Waals surface area contributed by atoms with Crippen LogP contribution in [0.2, 0.25) is 10.0 Å². The van der Waals surface area contributed by atoms with Gasteiger partial charge in [-0.15, -0.1) is 0 Å². The predicted molar refractivity (Wildman–Crippen MR) is 104 cm³/mol. The minimum Gasteiger partial charge on any atom is -0.386 e. The zero-order valence-corrected chi connectivity index (χ0v) is 15.9. The third-order valence-electron chi connectivity index (χ3n) is 5.25. The topological polar surface area (TPSA) is 26.7 Å². The maximum absolute atomic E-state index is 13.6. The highest BCUT2D eigenvalue weighted by molar-refractivity contribution is 6.42. The fourth-order valence-corrected chi connectivity index (χ4v) is 4.04. The van der Waals surface area contributed by atoms with Crippen molar-refractivity contribution in [1.29, 1.82) is 0 Å². The van der Waals surface area contributed by atoms with Gasteiger partial charge in [-0.1, -0.05) is 35.4 Å². The summed E-state index contributed by atoms with van der Waals surface area (Å²) in [6.45, 7) is 2.98. The molecule has 0 saturated carbocycles. The molecule has 2 aliphatic rings. The molecule has 4 rings (SSSR count). The highest BCUT2D eigenvalue weighted by Crippen LogP contribution is 2.33. The Labute approximate surface area is 166 Å². The summed E-state index contributed by atoms with van der Waals surface area (Å²) < 4.78 is 27.0. The number of aliphatic hydroxyl groups is 1. The standard InChI is InChI=1S/C20H18Cl2F2N2O/c21-15-3-2-13(10-16(15)22)25-5-7-26(8-6-25)19-4-1-12-9-17(23)18(24)11-14(12)20(19)27/h1-4,9-11,19-20,27H,5-8H2/t19-,20-/m1/s1. The average Bonchev–Trinajstić information content (AvgIpc) is 2.66. The number of piperazine rings is 1. The van der Waals surface area contributed by atoms with Crippen molar-refractivity contribution >= 4 is 35.0 Å². The lowest BCUT2D eigenvalue weighted by molar-refractivity contribution is 0.0681. The van der Waals surface area contributed by atoms with E-state index in [4.69, 9.17) is 23.2 Å². The lowest BCUT2D eigenvalue weighted by atomic mass is 9.90. The molecule has 0 spiro atoms. The normalized spacial score (nSPS) is 22.8. The molecule has 0 radical (unpaired) electrons. The maximum Gasteiger partial charge on any atom is 0.159 e. The molecule has 27 heavy (non-hydrogen) atoms. The van der Waals surface area contributed by atoms with E-state index in [0.29, 0.717) is 21.2 Å². The van der Waals surface area contributed by atoms with Gasteiger partial charge in [0.25, 0.3) is 0 Å². The Morgan fingerprint density at radius 1 is 0.926 bits per heavy atom. The summed E-state index contributed by atoms with van der Waals surface area (Å²) in [5.74, 6) is -1.84. The first kappa shape index (κ1) is 18.7. The Balaban J connectivity index is 1.47. The van der Waals surface area contributed by atoms with Crippen molar-refractivity contribution in [1.82, 2.24) is 4.90 Å². The number of rotatable bonds is 2. The van der Waals surface area contributed by atoms with E-state index in [0.717, 1.165) is 44.0 Å². The molecule has 1 N–H and O–H groups in total. The summed E-state index contributed by atoms with van der Waals surface area (Å²) in [7, 11) is 0. The molecule has 2 aromatic carbocycles. The molecule has 1 aliphatic heterocycles. The number of hydrogen-bond donors (Lipinski definition) is 1. The molecule has 0 bridgehead atoms. The second-order valence-electron chi connectivity index (χ2n) is 6.81. The quantitative estimate of drug-likeness (QED) is 0.787. The Morgan fingerprint density at radius 2 is 1.63 bits per heavy atom. The first-order valence-electron chi connectivity index (χ1n) is 8.73. The van der Waals surface area contributed by atoms with Gasteiger partial charge < -0.3 is 10.0 Å². The number of hydrogen-bond acceptors (Lipinski definition) is 3. The zero-order chi connectivity index (χ0) is 19.1. The van der Waals surface area contributed by atoms with Crippen molar-refractivity contribution in [3.8, 4) is 0 Å². The third kappa shape index (κ3) is 3.57. The van der Waals surface area contributed by atoms with Gasteiger partial charge in [-0.25, -0.2) is 8.78 Å². The molecule has 0 amide bonds. The van der Waals surface area contributed by atoms with Gasteiger partial charge >= 0.3 is 0 Å². The van der Waals surface area contributed by atoms with Gasteiger partial charge in [0.05, 0.1) is 22.2 Å². The SMILES string of the molecule is O[C@@H]1c2cc(F)c(F)cc2C=C[C@H]1N1CCN(c2ccc(Cl)c(Cl)c2)CC1. The molecule has 2 aromatic rings. The number of fused-ring (bicyclic) bond motifs is 1. The third-order valence-corrected chi connectivity index (χ3v) is 5.98. The molecule has 3 nitrogen and oxygen atoms in total. The predicted octanol–water partition coefficient (Wildman–Crippen LogP) is 4.52. The highest BCUT2D eigenvalue weighted by atomic mass is 35.5. The van der Waals surface area contributed by atoms with Crippen LogP contribution < -0.4 is 4.90 Å². The van der Waals surface area contributed by atoms with Gasteiger partial charge in [-0.2, -0.15) is 0 Å². The monoisotopic (exact) mass is 410 g/mol. The molecule has 0 unspecified atom stereocenters. The van der Waals surface area contributed by atoms with Crippen LogP contribution in [0.3, 0.4) is 0 Å². The van der Waals surface area contributed by atoms with Crippen LogP contribution in [0.15, 0.2) is 36.4 Å². The van der Waals surface area contributed by atoms with Crippen LogP contribution in [0.25, 0.3) is 6.08 Å². The van der Waals surface area contributed by atoms with E-state index in [2.05, 4.69) is 9.80 Å². The van der Waals surface area contributed by atoms with Crippen molar-refractivity contribution in [2.75, 3.05) is 31.1 Å². The minimum absolute atomic E-state index is 0.265. The van der Waals surface area contributed by atoms with Crippen molar-refractivity contribution in [2.45, 2.75) is 12.1 Å². The van der Waals surface area contributed by atoms with E-state index < -0.39 is 17.7 Å². The number of halogens is 4. The second kappa shape index (κ2) is 7.40. The molecule has 0 aromatic heterocycles. The second-order valence-corrected chi connectivity index (χ2v) is 7.63. The molecular formula is C20H18Cl2F2N2O. The molecule has 1 heterocycles. The van der Waals surface area contributed by atoms with Crippen molar-refractivity contribution in [2.24, 2.45) is 0 Å². The maximum atomic E-state index is 13.6. The average molecular weight is 411 g/mol. The fraction of sp³-hybridized carbons (Fsp3) is 0.300. The van der Waals surface area contributed by atoms with E-state index >= 15 is 0 Å². The first-order chi connectivity index (χ1) is 12.9. The Hall–Kier alpha value is -1.66. The first-order valence-corrected chi connectivity index (χ1v) is 9.49. The lowest BCUT2D eigenvalue weighted by Gasteiger charge is -2.42. The number of anilines is 1. The Morgan fingerprint density at radius 3 is 2.33 bits per heavy atom. The van der Waals surface area contributed by atoms with Crippen LogP contribution in [-0.2, 0) is 0 Å². The molecular weight excluding hydrogens is 393 g/mol. The van der Waals surface area contributed by atoms with E-state index in [-0.39, 0.29) is 6.04 Å². The van der Waals surface area contributed by atoms with Gasteiger partial charge in [-0.05, 0) is 41.5 Å². The lowest BCUT2D eigenvalue weighted by Crippen LogP contribution is -2.52.